The molecule has 1 rings (SSSR count). The first-order valence-electron chi connectivity index (χ1n) is 6.09. The van der Waals surface area contributed by atoms with Crippen molar-refractivity contribution in [3.05, 3.63) is 29.8 Å². The van der Waals surface area contributed by atoms with Crippen molar-refractivity contribution < 1.29 is 9.53 Å². The van der Waals surface area contributed by atoms with Gasteiger partial charge >= 0.3 is 0 Å². The lowest BCUT2D eigenvalue weighted by Crippen LogP contribution is -2.12. The van der Waals surface area contributed by atoms with Crippen LogP contribution in [0.4, 0.5) is 5.69 Å². The molecule has 1 aromatic rings. The average molecular weight is 246 g/mol. The first kappa shape index (κ1) is 14.2. The Morgan fingerprint density at radius 1 is 1.39 bits per heavy atom. The van der Waals surface area contributed by atoms with Crippen LogP contribution in [0.15, 0.2) is 24.3 Å². The van der Waals surface area contributed by atoms with Gasteiger partial charge in [-0.15, -0.1) is 0 Å². The predicted octanol–water partition coefficient (Wildman–Crippen LogP) is 2.51. The third-order valence-corrected chi connectivity index (χ3v) is 2.42. The van der Waals surface area contributed by atoms with E-state index in [2.05, 4.69) is 11.4 Å². The molecule has 0 radical (unpaired) electrons. The van der Waals surface area contributed by atoms with E-state index in [0.717, 1.165) is 17.7 Å². The van der Waals surface area contributed by atoms with Crippen molar-refractivity contribution in [2.45, 2.75) is 26.2 Å². The topological polar surface area (TPSA) is 62.1 Å². The zero-order valence-corrected chi connectivity index (χ0v) is 10.6. The maximum Gasteiger partial charge on any atom is 0.224 e. The maximum atomic E-state index is 11.6. The highest BCUT2D eigenvalue weighted by Gasteiger charge is 2.02. The van der Waals surface area contributed by atoms with Crippen LogP contribution in [-0.2, 0) is 16.0 Å². The molecular formula is C14H18N2O2. The molecule has 0 saturated heterocycles. The van der Waals surface area contributed by atoms with Gasteiger partial charge in [0.15, 0.2) is 0 Å². The summed E-state index contributed by atoms with van der Waals surface area (Å²) in [6.07, 6.45) is 1.58. The van der Waals surface area contributed by atoms with Crippen LogP contribution in [-0.4, -0.2) is 19.1 Å². The number of amides is 1. The molecule has 0 atom stereocenters. The quantitative estimate of drug-likeness (QED) is 0.752. The first-order chi connectivity index (χ1) is 8.76. The highest BCUT2D eigenvalue weighted by atomic mass is 16.5. The molecule has 1 aromatic carbocycles. The molecule has 4 nitrogen and oxygen atoms in total. The van der Waals surface area contributed by atoms with Gasteiger partial charge in [-0.05, 0) is 31.0 Å². The second kappa shape index (κ2) is 8.26. The van der Waals surface area contributed by atoms with E-state index < -0.39 is 0 Å². The van der Waals surface area contributed by atoms with Crippen LogP contribution < -0.4 is 5.32 Å². The molecule has 1 N–H and O–H groups in total. The zero-order valence-electron chi connectivity index (χ0n) is 10.6. The highest BCUT2D eigenvalue weighted by molar-refractivity contribution is 5.90. The largest absolute Gasteiger partial charge is 0.382 e. The van der Waals surface area contributed by atoms with E-state index in [1.165, 1.54) is 0 Å². The van der Waals surface area contributed by atoms with Gasteiger partial charge < -0.3 is 10.1 Å². The van der Waals surface area contributed by atoms with Gasteiger partial charge in [-0.2, -0.15) is 5.26 Å². The van der Waals surface area contributed by atoms with Crippen LogP contribution in [0.2, 0.25) is 0 Å². The summed E-state index contributed by atoms with van der Waals surface area (Å²) in [4.78, 5) is 11.6. The third-order valence-electron chi connectivity index (χ3n) is 2.42. The lowest BCUT2D eigenvalue weighted by atomic mass is 10.1. The van der Waals surface area contributed by atoms with Gasteiger partial charge in [0.25, 0.3) is 0 Å². The fourth-order valence-electron chi connectivity index (χ4n) is 1.50. The Kier molecular flexibility index (Phi) is 6.52. The fourth-order valence-corrected chi connectivity index (χ4v) is 1.50. The van der Waals surface area contributed by atoms with Gasteiger partial charge in [-0.25, -0.2) is 0 Å². The highest BCUT2D eigenvalue weighted by Crippen LogP contribution is 2.10. The molecule has 0 aromatic heterocycles. The summed E-state index contributed by atoms with van der Waals surface area (Å²) in [5.74, 6) is -0.0114. The number of benzene rings is 1. The van der Waals surface area contributed by atoms with Crippen molar-refractivity contribution >= 4 is 11.6 Å². The Balaban J connectivity index is 2.33. The average Bonchev–Trinajstić information content (AvgIpc) is 2.37. The molecule has 0 aliphatic heterocycles. The minimum absolute atomic E-state index is 0.0114. The van der Waals surface area contributed by atoms with Crippen molar-refractivity contribution in [2.24, 2.45) is 0 Å². The van der Waals surface area contributed by atoms with Crippen molar-refractivity contribution in [3.8, 4) is 6.07 Å². The second-order valence-electron chi connectivity index (χ2n) is 3.88. The Morgan fingerprint density at radius 2 is 2.11 bits per heavy atom. The van der Waals surface area contributed by atoms with E-state index in [9.17, 15) is 4.79 Å². The molecule has 0 unspecified atom stereocenters. The van der Waals surface area contributed by atoms with E-state index in [0.29, 0.717) is 26.1 Å². The standard InChI is InChI=1S/C14H18N2O2/c1-2-18-11-3-4-14(17)16-13-7-5-12(6-8-13)9-10-15/h5-8H,2-4,9,11H2,1H3,(H,16,17). The SMILES string of the molecule is CCOCCCC(=O)Nc1ccc(CC#N)cc1. The molecule has 0 saturated carbocycles. The van der Waals surface area contributed by atoms with Gasteiger partial charge in [0.05, 0.1) is 12.5 Å². The summed E-state index contributed by atoms with van der Waals surface area (Å²) < 4.78 is 5.17. The summed E-state index contributed by atoms with van der Waals surface area (Å²) >= 11 is 0. The normalized spacial score (nSPS) is 9.78. The van der Waals surface area contributed by atoms with Crippen LogP contribution >= 0.6 is 0 Å². The molecule has 1 amide bonds. The van der Waals surface area contributed by atoms with E-state index >= 15 is 0 Å². The lowest BCUT2D eigenvalue weighted by Gasteiger charge is -2.05. The Bertz CT molecular complexity index is 407. The summed E-state index contributed by atoms with van der Waals surface area (Å²) in [6.45, 7) is 3.23. The van der Waals surface area contributed by atoms with Crippen molar-refractivity contribution in [1.29, 1.82) is 5.26 Å². The number of rotatable bonds is 7. The van der Waals surface area contributed by atoms with E-state index in [-0.39, 0.29) is 5.91 Å². The van der Waals surface area contributed by atoms with Crippen molar-refractivity contribution in [3.63, 3.8) is 0 Å². The smallest absolute Gasteiger partial charge is 0.224 e. The Hall–Kier alpha value is -1.86. The van der Waals surface area contributed by atoms with Gasteiger partial charge in [-0.3, -0.25) is 4.79 Å². The fraction of sp³-hybridized carbons (Fsp3) is 0.429. The van der Waals surface area contributed by atoms with Crippen LogP contribution in [0.3, 0.4) is 0 Å². The number of nitriles is 1. The third kappa shape index (κ3) is 5.46. The monoisotopic (exact) mass is 246 g/mol. The number of nitrogens with one attached hydrogen (secondary N) is 1. The molecule has 0 aliphatic rings. The molecule has 96 valence electrons. The molecule has 4 heteroatoms. The molecule has 0 spiro atoms. The summed E-state index contributed by atoms with van der Waals surface area (Å²) in [5, 5.41) is 11.4. The van der Waals surface area contributed by atoms with Gasteiger partial charge in [0, 0.05) is 25.3 Å². The van der Waals surface area contributed by atoms with E-state index in [1.807, 2.05) is 31.2 Å². The molecule has 0 bridgehead atoms. The number of hydrogen-bond acceptors (Lipinski definition) is 3. The predicted molar refractivity (Wildman–Crippen MR) is 70.1 cm³/mol. The number of carbonyl (C=O) groups is 1. The molecule has 0 fully saturated rings. The summed E-state index contributed by atoms with van der Waals surface area (Å²) in [7, 11) is 0. The zero-order chi connectivity index (χ0) is 13.2. The number of nitrogens with zero attached hydrogens (tertiary/aromatic N) is 1. The number of carbonyl (C=O) groups excluding carboxylic acids is 1. The molecule has 18 heavy (non-hydrogen) atoms. The lowest BCUT2D eigenvalue weighted by molar-refractivity contribution is -0.116. The van der Waals surface area contributed by atoms with Gasteiger partial charge in [0.1, 0.15) is 0 Å². The Labute approximate surface area is 108 Å². The number of anilines is 1. The minimum Gasteiger partial charge on any atom is -0.382 e. The van der Waals surface area contributed by atoms with Crippen LogP contribution in [0.5, 0.6) is 0 Å². The minimum atomic E-state index is -0.0114. The molecular weight excluding hydrogens is 228 g/mol. The van der Waals surface area contributed by atoms with Gasteiger partial charge in [-0.1, -0.05) is 12.1 Å². The summed E-state index contributed by atoms with van der Waals surface area (Å²) in [6, 6.07) is 9.40. The number of hydrogen-bond donors (Lipinski definition) is 1. The van der Waals surface area contributed by atoms with Gasteiger partial charge in [0.2, 0.25) is 5.91 Å². The van der Waals surface area contributed by atoms with Crippen LogP contribution in [0.25, 0.3) is 0 Å². The Morgan fingerprint density at radius 3 is 2.72 bits per heavy atom. The van der Waals surface area contributed by atoms with Crippen LogP contribution in [0, 0.1) is 11.3 Å². The number of ether oxygens (including phenoxy) is 1. The first-order valence-corrected chi connectivity index (χ1v) is 6.09. The van der Waals surface area contributed by atoms with Crippen LogP contribution in [0.1, 0.15) is 25.3 Å². The van der Waals surface area contributed by atoms with E-state index in [1.54, 1.807) is 0 Å². The van der Waals surface area contributed by atoms with Crippen molar-refractivity contribution in [1.82, 2.24) is 0 Å². The molecule has 0 heterocycles. The van der Waals surface area contributed by atoms with Crippen molar-refractivity contribution in [2.75, 3.05) is 18.5 Å². The summed E-state index contributed by atoms with van der Waals surface area (Å²) in [5.41, 5.74) is 1.71. The second-order valence-corrected chi connectivity index (χ2v) is 3.88. The van der Waals surface area contributed by atoms with E-state index in [4.69, 9.17) is 10.00 Å². The molecule has 0 aliphatic carbocycles. The maximum absolute atomic E-state index is 11.6.